The van der Waals surface area contributed by atoms with E-state index in [2.05, 4.69) is 11.4 Å². The molecule has 4 rings (SSSR count). The second kappa shape index (κ2) is 7.52. The van der Waals surface area contributed by atoms with E-state index in [1.54, 1.807) is 12.1 Å². The number of hydrogen-bond acceptors (Lipinski definition) is 3. The number of anilines is 2. The smallest absolute Gasteiger partial charge is 0.245 e. The maximum Gasteiger partial charge on any atom is 0.245 e. The molecule has 0 saturated carbocycles. The standard InChI is InChI=1S/C21H18Cl2N2O3S/c1-29(27,28)25(18-7-3-6-16(22)21(18)23)12-19(26)24-17-11-10-14-9-8-13-4-2-5-15(17)20(13)14/h2-7,10-11H,8-9,12H2,1H3,(H,24,26). The monoisotopic (exact) mass is 448 g/mol. The molecule has 1 amide bonds. The topological polar surface area (TPSA) is 66.5 Å². The van der Waals surface area contributed by atoms with Crippen molar-refractivity contribution in [2.24, 2.45) is 0 Å². The van der Waals surface area contributed by atoms with Crippen LogP contribution < -0.4 is 9.62 Å². The minimum atomic E-state index is -3.76. The fraction of sp³-hybridized carbons (Fsp3) is 0.190. The van der Waals surface area contributed by atoms with Crippen molar-refractivity contribution in [1.82, 2.24) is 0 Å². The Labute approximate surface area is 179 Å². The average molecular weight is 449 g/mol. The number of nitrogens with zero attached hydrogens (tertiary/aromatic N) is 1. The van der Waals surface area contributed by atoms with Gasteiger partial charge in [-0.05, 0) is 47.6 Å². The van der Waals surface area contributed by atoms with E-state index in [4.69, 9.17) is 23.2 Å². The number of hydrogen-bond donors (Lipinski definition) is 1. The summed E-state index contributed by atoms with van der Waals surface area (Å²) >= 11 is 12.2. The van der Waals surface area contributed by atoms with Crippen molar-refractivity contribution in [2.45, 2.75) is 12.8 Å². The molecule has 0 aromatic heterocycles. The van der Waals surface area contributed by atoms with Crippen molar-refractivity contribution in [3.63, 3.8) is 0 Å². The van der Waals surface area contributed by atoms with Crippen LogP contribution in [0, 0.1) is 0 Å². The van der Waals surface area contributed by atoms with Crippen LogP contribution in [0.15, 0.2) is 48.5 Å². The molecule has 1 N–H and O–H groups in total. The van der Waals surface area contributed by atoms with Crippen LogP contribution in [0.25, 0.3) is 10.8 Å². The average Bonchev–Trinajstić information content (AvgIpc) is 3.09. The summed E-state index contributed by atoms with van der Waals surface area (Å²) in [6.07, 6.45) is 2.99. The van der Waals surface area contributed by atoms with E-state index in [9.17, 15) is 13.2 Å². The van der Waals surface area contributed by atoms with Crippen molar-refractivity contribution in [2.75, 3.05) is 22.4 Å². The van der Waals surface area contributed by atoms with Gasteiger partial charge in [0.05, 0.1) is 22.0 Å². The Morgan fingerprint density at radius 2 is 1.72 bits per heavy atom. The first kappa shape index (κ1) is 20.0. The van der Waals surface area contributed by atoms with E-state index in [1.165, 1.54) is 22.6 Å². The zero-order valence-electron chi connectivity index (χ0n) is 15.6. The predicted octanol–water partition coefficient (Wildman–Crippen LogP) is 4.65. The van der Waals surface area contributed by atoms with Gasteiger partial charge in [0.2, 0.25) is 15.9 Å². The molecular weight excluding hydrogens is 431 g/mol. The van der Waals surface area contributed by atoms with Crippen LogP contribution in [0.4, 0.5) is 11.4 Å². The van der Waals surface area contributed by atoms with Crippen molar-refractivity contribution in [1.29, 1.82) is 0 Å². The van der Waals surface area contributed by atoms with Gasteiger partial charge < -0.3 is 5.32 Å². The zero-order chi connectivity index (χ0) is 20.8. The highest BCUT2D eigenvalue weighted by Crippen LogP contribution is 2.36. The van der Waals surface area contributed by atoms with E-state index in [1.807, 2.05) is 24.3 Å². The van der Waals surface area contributed by atoms with Crippen LogP contribution >= 0.6 is 23.2 Å². The van der Waals surface area contributed by atoms with Gasteiger partial charge in [-0.1, -0.05) is 53.5 Å². The van der Waals surface area contributed by atoms with Crippen LogP contribution in [-0.2, 0) is 27.7 Å². The number of amides is 1. The van der Waals surface area contributed by atoms with Crippen LogP contribution in [0.5, 0.6) is 0 Å². The highest BCUT2D eigenvalue weighted by atomic mass is 35.5. The lowest BCUT2D eigenvalue weighted by atomic mass is 10.0. The van der Waals surface area contributed by atoms with Crippen molar-refractivity contribution >= 4 is 61.3 Å². The lowest BCUT2D eigenvalue weighted by Crippen LogP contribution is -2.37. The molecule has 0 aliphatic heterocycles. The second-order valence-corrected chi connectivity index (χ2v) is 9.69. The van der Waals surface area contributed by atoms with Crippen LogP contribution in [-0.4, -0.2) is 27.1 Å². The lowest BCUT2D eigenvalue weighted by Gasteiger charge is -2.23. The summed E-state index contributed by atoms with van der Waals surface area (Å²) in [5.74, 6) is -0.467. The summed E-state index contributed by atoms with van der Waals surface area (Å²) in [5, 5.41) is 5.27. The summed E-state index contributed by atoms with van der Waals surface area (Å²) in [6, 6.07) is 14.6. The second-order valence-electron chi connectivity index (χ2n) is 7.00. The Morgan fingerprint density at radius 3 is 2.45 bits per heavy atom. The minimum absolute atomic E-state index is 0.0812. The number of aryl methyl sites for hydroxylation is 2. The van der Waals surface area contributed by atoms with Gasteiger partial charge in [0.25, 0.3) is 0 Å². The van der Waals surface area contributed by atoms with Gasteiger partial charge in [0, 0.05) is 11.1 Å². The third kappa shape index (κ3) is 3.80. The third-order valence-corrected chi connectivity index (χ3v) is 6.97. The van der Waals surface area contributed by atoms with Gasteiger partial charge in [0.1, 0.15) is 6.54 Å². The highest BCUT2D eigenvalue weighted by molar-refractivity contribution is 7.92. The van der Waals surface area contributed by atoms with Crippen molar-refractivity contribution < 1.29 is 13.2 Å². The molecule has 3 aromatic rings. The number of carbonyl (C=O) groups is 1. The van der Waals surface area contributed by atoms with Gasteiger partial charge in [-0.25, -0.2) is 8.42 Å². The number of sulfonamides is 1. The Bertz CT molecular complexity index is 1230. The molecule has 0 saturated heterocycles. The molecule has 0 atom stereocenters. The summed E-state index contributed by atoms with van der Waals surface area (Å²) < 4.78 is 25.6. The Kier molecular flexibility index (Phi) is 5.19. The Balaban J connectivity index is 1.65. The Hall–Kier alpha value is -2.28. The molecule has 0 radical (unpaired) electrons. The summed E-state index contributed by atoms with van der Waals surface area (Å²) in [5.41, 5.74) is 3.34. The molecule has 5 nitrogen and oxygen atoms in total. The van der Waals surface area contributed by atoms with Gasteiger partial charge in [-0.3, -0.25) is 9.10 Å². The SMILES string of the molecule is CS(=O)(=O)N(CC(=O)Nc1ccc2c3c(cccc13)CC2)c1cccc(Cl)c1Cl. The highest BCUT2D eigenvalue weighted by Gasteiger charge is 2.24. The molecule has 0 spiro atoms. The molecule has 0 heterocycles. The lowest BCUT2D eigenvalue weighted by molar-refractivity contribution is -0.114. The molecular formula is C21H18Cl2N2O3S. The van der Waals surface area contributed by atoms with Gasteiger partial charge in [0.15, 0.2) is 0 Å². The molecule has 29 heavy (non-hydrogen) atoms. The zero-order valence-corrected chi connectivity index (χ0v) is 17.9. The fourth-order valence-corrected chi connectivity index (χ4v) is 5.05. The van der Waals surface area contributed by atoms with Crippen molar-refractivity contribution in [3.8, 4) is 0 Å². The van der Waals surface area contributed by atoms with E-state index in [0.29, 0.717) is 5.69 Å². The number of carbonyl (C=O) groups excluding carboxylic acids is 1. The van der Waals surface area contributed by atoms with E-state index in [-0.39, 0.29) is 15.7 Å². The van der Waals surface area contributed by atoms with Gasteiger partial charge in [-0.15, -0.1) is 0 Å². The first-order valence-electron chi connectivity index (χ1n) is 9.01. The number of nitrogens with one attached hydrogen (secondary N) is 1. The quantitative estimate of drug-likeness (QED) is 0.617. The van der Waals surface area contributed by atoms with E-state index < -0.39 is 22.5 Å². The largest absolute Gasteiger partial charge is 0.324 e. The summed E-state index contributed by atoms with van der Waals surface area (Å²) in [4.78, 5) is 12.8. The molecule has 8 heteroatoms. The molecule has 0 unspecified atom stereocenters. The fourth-order valence-electron chi connectivity index (χ4n) is 3.74. The molecule has 1 aliphatic carbocycles. The van der Waals surface area contributed by atoms with Crippen LogP contribution in [0.3, 0.4) is 0 Å². The van der Waals surface area contributed by atoms with E-state index >= 15 is 0 Å². The first-order valence-corrected chi connectivity index (χ1v) is 11.6. The maximum absolute atomic E-state index is 12.8. The number of benzene rings is 3. The number of halogens is 2. The van der Waals surface area contributed by atoms with Crippen molar-refractivity contribution in [3.05, 3.63) is 69.7 Å². The molecule has 150 valence electrons. The maximum atomic E-state index is 12.8. The number of rotatable bonds is 5. The summed E-state index contributed by atoms with van der Waals surface area (Å²) in [7, 11) is -3.76. The first-order chi connectivity index (χ1) is 13.8. The van der Waals surface area contributed by atoms with Crippen LogP contribution in [0.2, 0.25) is 10.0 Å². The van der Waals surface area contributed by atoms with Crippen LogP contribution in [0.1, 0.15) is 11.1 Å². The Morgan fingerprint density at radius 1 is 1.03 bits per heavy atom. The molecule has 3 aromatic carbocycles. The normalized spacial score (nSPS) is 12.9. The summed E-state index contributed by atoms with van der Waals surface area (Å²) in [6.45, 7) is -0.415. The predicted molar refractivity (Wildman–Crippen MR) is 119 cm³/mol. The van der Waals surface area contributed by atoms with Gasteiger partial charge in [-0.2, -0.15) is 0 Å². The molecule has 0 bridgehead atoms. The van der Waals surface area contributed by atoms with E-state index in [0.717, 1.165) is 28.8 Å². The molecule has 1 aliphatic rings. The third-order valence-electron chi connectivity index (χ3n) is 5.04. The minimum Gasteiger partial charge on any atom is -0.324 e. The van der Waals surface area contributed by atoms with Gasteiger partial charge >= 0.3 is 0 Å². The molecule has 0 fully saturated rings.